The second-order valence-corrected chi connectivity index (χ2v) is 4.56. The molecule has 0 N–H and O–H groups in total. The van der Waals surface area contributed by atoms with Gasteiger partial charge in [0.2, 0.25) is 0 Å². The summed E-state index contributed by atoms with van der Waals surface area (Å²) in [7, 11) is 0. The summed E-state index contributed by atoms with van der Waals surface area (Å²) in [5, 5.41) is 0.569. The third-order valence-corrected chi connectivity index (χ3v) is 3.05. The molecule has 0 amide bonds. The van der Waals surface area contributed by atoms with Crippen LogP contribution in [-0.4, -0.2) is 23.2 Å². The molecule has 16 heavy (non-hydrogen) atoms. The third-order valence-electron chi connectivity index (χ3n) is 2.86. The summed E-state index contributed by atoms with van der Waals surface area (Å²) in [6, 6.07) is 1.87. The molecular weight excluding hydrogens is 224 g/mol. The Balaban J connectivity index is 2.18. The van der Waals surface area contributed by atoms with Crippen LogP contribution in [-0.2, 0) is 11.2 Å². The fraction of sp³-hybridized carbons (Fsp3) is 0.667. The standard InChI is InChI=1S/C12H17ClN2O/c1-2-3-10-8-11(13)15-12(14-10)9-4-6-16-7-5-9/h8-9H,2-7H2,1H3. The molecule has 88 valence electrons. The van der Waals surface area contributed by atoms with Crippen molar-refractivity contribution in [3.63, 3.8) is 0 Å². The van der Waals surface area contributed by atoms with Gasteiger partial charge >= 0.3 is 0 Å². The number of ether oxygens (including phenoxy) is 1. The highest BCUT2D eigenvalue weighted by Crippen LogP contribution is 2.25. The van der Waals surface area contributed by atoms with E-state index in [1.165, 1.54) is 0 Å². The highest BCUT2D eigenvalue weighted by atomic mass is 35.5. The van der Waals surface area contributed by atoms with Crippen molar-refractivity contribution in [1.82, 2.24) is 9.97 Å². The van der Waals surface area contributed by atoms with Crippen LogP contribution >= 0.6 is 11.6 Å². The van der Waals surface area contributed by atoms with Gasteiger partial charge in [0, 0.05) is 24.8 Å². The van der Waals surface area contributed by atoms with Crippen LogP contribution in [0, 0.1) is 0 Å². The lowest BCUT2D eigenvalue weighted by atomic mass is 9.99. The monoisotopic (exact) mass is 240 g/mol. The van der Waals surface area contributed by atoms with Gasteiger partial charge in [0.05, 0.1) is 0 Å². The number of nitrogens with zero attached hydrogens (tertiary/aromatic N) is 2. The first kappa shape index (κ1) is 11.8. The normalized spacial score (nSPS) is 17.6. The van der Waals surface area contributed by atoms with Crippen molar-refractivity contribution in [2.24, 2.45) is 0 Å². The van der Waals surface area contributed by atoms with Gasteiger partial charge in [-0.25, -0.2) is 9.97 Å². The molecular formula is C12H17ClN2O. The Morgan fingerprint density at radius 1 is 1.38 bits per heavy atom. The Bertz CT molecular complexity index is 351. The average molecular weight is 241 g/mol. The molecule has 0 spiro atoms. The quantitative estimate of drug-likeness (QED) is 0.762. The molecule has 3 nitrogen and oxygen atoms in total. The van der Waals surface area contributed by atoms with E-state index in [4.69, 9.17) is 16.3 Å². The lowest BCUT2D eigenvalue weighted by Crippen LogP contribution is -2.17. The molecule has 2 rings (SSSR count). The molecule has 1 aromatic rings. The summed E-state index contributed by atoms with van der Waals surface area (Å²) in [4.78, 5) is 8.93. The zero-order valence-electron chi connectivity index (χ0n) is 9.58. The fourth-order valence-corrected chi connectivity index (χ4v) is 2.22. The van der Waals surface area contributed by atoms with Gasteiger partial charge in [-0.1, -0.05) is 24.9 Å². The van der Waals surface area contributed by atoms with Crippen molar-refractivity contribution >= 4 is 11.6 Å². The molecule has 0 atom stereocenters. The molecule has 1 aliphatic heterocycles. The van der Waals surface area contributed by atoms with E-state index >= 15 is 0 Å². The molecule has 4 heteroatoms. The summed E-state index contributed by atoms with van der Waals surface area (Å²) in [5.74, 6) is 1.32. The summed E-state index contributed by atoms with van der Waals surface area (Å²) in [6.07, 6.45) is 4.07. The minimum atomic E-state index is 0.419. The Morgan fingerprint density at radius 3 is 2.81 bits per heavy atom. The number of aromatic nitrogens is 2. The summed E-state index contributed by atoms with van der Waals surface area (Å²) < 4.78 is 5.34. The maximum absolute atomic E-state index is 6.02. The number of rotatable bonds is 3. The van der Waals surface area contributed by atoms with E-state index in [9.17, 15) is 0 Å². The average Bonchev–Trinajstić information content (AvgIpc) is 2.30. The van der Waals surface area contributed by atoms with Crippen LogP contribution in [0.2, 0.25) is 5.15 Å². The van der Waals surface area contributed by atoms with E-state index in [2.05, 4.69) is 16.9 Å². The Kier molecular flexibility index (Phi) is 4.13. The fourth-order valence-electron chi connectivity index (χ4n) is 2.01. The highest BCUT2D eigenvalue weighted by molar-refractivity contribution is 6.29. The lowest BCUT2D eigenvalue weighted by molar-refractivity contribution is 0.0835. The zero-order valence-corrected chi connectivity index (χ0v) is 10.3. The van der Waals surface area contributed by atoms with E-state index in [1.54, 1.807) is 0 Å². The van der Waals surface area contributed by atoms with E-state index in [1.807, 2.05) is 6.07 Å². The first-order valence-electron chi connectivity index (χ1n) is 5.90. The number of halogens is 1. The SMILES string of the molecule is CCCc1cc(Cl)nc(C2CCOCC2)n1. The van der Waals surface area contributed by atoms with Crippen LogP contribution in [0.25, 0.3) is 0 Å². The molecule has 1 saturated heterocycles. The Hall–Kier alpha value is -0.670. The number of aryl methyl sites for hydroxylation is 1. The van der Waals surface area contributed by atoms with Crippen molar-refractivity contribution in [2.45, 2.75) is 38.5 Å². The zero-order chi connectivity index (χ0) is 11.4. The van der Waals surface area contributed by atoms with Crippen LogP contribution in [0.1, 0.15) is 43.6 Å². The molecule has 0 radical (unpaired) electrons. The Labute approximate surface area is 101 Å². The molecule has 1 aromatic heterocycles. The van der Waals surface area contributed by atoms with Crippen LogP contribution in [0.3, 0.4) is 0 Å². The molecule has 2 heterocycles. The number of hydrogen-bond acceptors (Lipinski definition) is 3. The van der Waals surface area contributed by atoms with Crippen LogP contribution in [0.15, 0.2) is 6.07 Å². The molecule has 1 fully saturated rings. The Morgan fingerprint density at radius 2 is 2.12 bits per heavy atom. The highest BCUT2D eigenvalue weighted by Gasteiger charge is 2.19. The van der Waals surface area contributed by atoms with Gasteiger partial charge in [-0.15, -0.1) is 0 Å². The van der Waals surface area contributed by atoms with Crippen molar-refractivity contribution in [3.8, 4) is 0 Å². The molecule has 0 bridgehead atoms. The van der Waals surface area contributed by atoms with Crippen molar-refractivity contribution < 1.29 is 4.74 Å². The lowest BCUT2D eigenvalue weighted by Gasteiger charge is -2.21. The minimum Gasteiger partial charge on any atom is -0.381 e. The minimum absolute atomic E-state index is 0.419. The predicted octanol–water partition coefficient (Wildman–Crippen LogP) is 2.98. The van der Waals surface area contributed by atoms with Gasteiger partial charge in [-0.05, 0) is 25.3 Å². The largest absolute Gasteiger partial charge is 0.381 e. The smallest absolute Gasteiger partial charge is 0.133 e. The molecule has 0 saturated carbocycles. The van der Waals surface area contributed by atoms with Gasteiger partial charge in [0.1, 0.15) is 11.0 Å². The number of hydrogen-bond donors (Lipinski definition) is 0. The van der Waals surface area contributed by atoms with E-state index in [0.717, 1.165) is 50.4 Å². The second-order valence-electron chi connectivity index (χ2n) is 4.18. The summed E-state index contributed by atoms with van der Waals surface area (Å²) >= 11 is 6.02. The molecule has 0 aromatic carbocycles. The van der Waals surface area contributed by atoms with E-state index < -0.39 is 0 Å². The van der Waals surface area contributed by atoms with Crippen LogP contribution in [0.5, 0.6) is 0 Å². The third kappa shape index (κ3) is 2.92. The predicted molar refractivity (Wildman–Crippen MR) is 63.8 cm³/mol. The van der Waals surface area contributed by atoms with E-state index in [0.29, 0.717) is 11.1 Å². The van der Waals surface area contributed by atoms with E-state index in [-0.39, 0.29) is 0 Å². The first-order chi connectivity index (χ1) is 7.79. The van der Waals surface area contributed by atoms with Crippen LogP contribution < -0.4 is 0 Å². The molecule has 0 unspecified atom stereocenters. The molecule has 0 aliphatic carbocycles. The maximum atomic E-state index is 6.02. The maximum Gasteiger partial charge on any atom is 0.133 e. The van der Waals surface area contributed by atoms with Crippen molar-refractivity contribution in [1.29, 1.82) is 0 Å². The summed E-state index contributed by atoms with van der Waals surface area (Å²) in [5.41, 5.74) is 1.06. The van der Waals surface area contributed by atoms with Gasteiger partial charge < -0.3 is 4.74 Å². The van der Waals surface area contributed by atoms with Gasteiger partial charge in [-0.3, -0.25) is 0 Å². The van der Waals surface area contributed by atoms with Crippen LogP contribution in [0.4, 0.5) is 0 Å². The second kappa shape index (κ2) is 5.60. The van der Waals surface area contributed by atoms with Crippen molar-refractivity contribution in [2.75, 3.05) is 13.2 Å². The molecule has 1 aliphatic rings. The van der Waals surface area contributed by atoms with Gasteiger partial charge in [0.15, 0.2) is 0 Å². The van der Waals surface area contributed by atoms with Crippen molar-refractivity contribution in [3.05, 3.63) is 22.7 Å². The first-order valence-corrected chi connectivity index (χ1v) is 6.28. The summed E-state index contributed by atoms with van der Waals surface area (Å²) in [6.45, 7) is 3.76. The van der Waals surface area contributed by atoms with Gasteiger partial charge in [0.25, 0.3) is 0 Å². The van der Waals surface area contributed by atoms with Gasteiger partial charge in [-0.2, -0.15) is 0 Å². The topological polar surface area (TPSA) is 35.0 Å².